The molecule has 5 heteroatoms. The lowest BCUT2D eigenvalue weighted by atomic mass is 9.76. The van der Waals surface area contributed by atoms with Crippen molar-refractivity contribution in [1.29, 1.82) is 0 Å². The summed E-state index contributed by atoms with van der Waals surface area (Å²) in [6, 6.07) is 4.71. The van der Waals surface area contributed by atoms with Gasteiger partial charge in [-0.25, -0.2) is 4.39 Å². The third kappa shape index (κ3) is 2.49. The highest BCUT2D eigenvalue weighted by molar-refractivity contribution is 6.30. The zero-order valence-electron chi connectivity index (χ0n) is 9.88. The van der Waals surface area contributed by atoms with Crippen molar-refractivity contribution in [2.24, 2.45) is 5.41 Å². The van der Waals surface area contributed by atoms with Gasteiger partial charge in [0.1, 0.15) is 5.82 Å². The minimum atomic E-state index is -0.927. The molecule has 0 aliphatic carbocycles. The minimum absolute atomic E-state index is 0.0387. The van der Waals surface area contributed by atoms with Crippen LogP contribution in [0.2, 0.25) is 5.02 Å². The first-order valence-electron chi connectivity index (χ1n) is 5.92. The summed E-state index contributed by atoms with van der Waals surface area (Å²) in [5, 5.41) is 12.5. The van der Waals surface area contributed by atoms with Gasteiger partial charge in [-0.1, -0.05) is 23.7 Å². The van der Waals surface area contributed by atoms with Crippen molar-refractivity contribution in [3.05, 3.63) is 34.6 Å². The Labute approximate surface area is 110 Å². The molecule has 18 heavy (non-hydrogen) atoms. The van der Waals surface area contributed by atoms with Crippen LogP contribution >= 0.6 is 11.6 Å². The number of benzene rings is 1. The van der Waals surface area contributed by atoms with Gasteiger partial charge >= 0.3 is 5.97 Å². The van der Waals surface area contributed by atoms with Gasteiger partial charge < -0.3 is 10.4 Å². The molecule has 0 saturated carbocycles. The molecule has 1 aliphatic rings. The molecule has 2 rings (SSSR count). The Morgan fingerprint density at radius 3 is 2.94 bits per heavy atom. The number of piperidine rings is 1. The molecule has 0 bridgehead atoms. The summed E-state index contributed by atoms with van der Waals surface area (Å²) in [5.41, 5.74) is -0.558. The molecule has 1 heterocycles. The van der Waals surface area contributed by atoms with E-state index in [1.165, 1.54) is 6.07 Å². The second-order valence-corrected chi connectivity index (χ2v) is 5.16. The smallest absolute Gasteiger partial charge is 0.311 e. The van der Waals surface area contributed by atoms with Crippen LogP contribution in [0.4, 0.5) is 4.39 Å². The molecule has 3 nitrogen and oxygen atoms in total. The summed E-state index contributed by atoms with van der Waals surface area (Å²) in [4.78, 5) is 11.5. The van der Waals surface area contributed by atoms with Crippen molar-refractivity contribution in [1.82, 2.24) is 5.32 Å². The number of hydrogen-bond acceptors (Lipinski definition) is 2. The second kappa shape index (κ2) is 5.24. The lowest BCUT2D eigenvalue weighted by Gasteiger charge is -2.33. The van der Waals surface area contributed by atoms with Crippen molar-refractivity contribution in [3.63, 3.8) is 0 Å². The highest BCUT2D eigenvalue weighted by Gasteiger charge is 2.40. The first-order valence-corrected chi connectivity index (χ1v) is 6.30. The predicted octanol–water partition coefficient (Wildman–Crippen LogP) is 2.48. The van der Waals surface area contributed by atoms with Crippen LogP contribution in [-0.2, 0) is 11.2 Å². The maximum absolute atomic E-state index is 13.8. The molecule has 1 aromatic rings. The van der Waals surface area contributed by atoms with Gasteiger partial charge in [0.15, 0.2) is 0 Å². The fraction of sp³-hybridized carbons (Fsp3) is 0.462. The Kier molecular flexibility index (Phi) is 3.88. The molecule has 1 unspecified atom stereocenters. The number of nitrogens with one attached hydrogen (secondary N) is 1. The van der Waals surface area contributed by atoms with E-state index in [0.29, 0.717) is 18.5 Å². The summed E-state index contributed by atoms with van der Waals surface area (Å²) < 4.78 is 13.8. The van der Waals surface area contributed by atoms with Crippen LogP contribution in [0.15, 0.2) is 18.2 Å². The minimum Gasteiger partial charge on any atom is -0.481 e. The molecule has 1 saturated heterocycles. The monoisotopic (exact) mass is 271 g/mol. The molecular formula is C13H15ClFNO2. The van der Waals surface area contributed by atoms with E-state index >= 15 is 0 Å². The Morgan fingerprint density at radius 2 is 2.33 bits per heavy atom. The van der Waals surface area contributed by atoms with Gasteiger partial charge in [-0.05, 0) is 37.4 Å². The molecule has 1 aromatic carbocycles. The molecule has 1 aliphatic heterocycles. The average Bonchev–Trinajstić information content (AvgIpc) is 2.36. The zero-order chi connectivity index (χ0) is 13.2. The van der Waals surface area contributed by atoms with Gasteiger partial charge in [0.05, 0.1) is 10.4 Å². The van der Waals surface area contributed by atoms with Gasteiger partial charge in [0.2, 0.25) is 0 Å². The van der Waals surface area contributed by atoms with E-state index in [1.807, 2.05) is 0 Å². The number of hydrogen-bond donors (Lipinski definition) is 2. The standard InChI is InChI=1S/C13H15ClFNO2/c14-10-4-1-3-9(11(10)15)7-13(12(17)18)5-2-6-16-8-13/h1,3-4,16H,2,5-8H2,(H,17,18). The third-order valence-electron chi connectivity index (χ3n) is 3.49. The molecule has 0 spiro atoms. The molecule has 0 radical (unpaired) electrons. The van der Waals surface area contributed by atoms with E-state index in [-0.39, 0.29) is 11.4 Å². The lowest BCUT2D eigenvalue weighted by molar-refractivity contribution is -0.150. The predicted molar refractivity (Wildman–Crippen MR) is 67.3 cm³/mol. The maximum atomic E-state index is 13.8. The fourth-order valence-corrected chi connectivity index (χ4v) is 2.62. The van der Waals surface area contributed by atoms with Gasteiger partial charge in [0.25, 0.3) is 0 Å². The number of carbonyl (C=O) groups is 1. The first-order chi connectivity index (χ1) is 8.55. The number of halogens is 2. The Hall–Kier alpha value is -1.13. The van der Waals surface area contributed by atoms with Crippen LogP contribution < -0.4 is 5.32 Å². The van der Waals surface area contributed by atoms with Gasteiger partial charge in [-0.15, -0.1) is 0 Å². The number of carboxylic acids is 1. The largest absolute Gasteiger partial charge is 0.481 e. The topological polar surface area (TPSA) is 49.3 Å². The van der Waals surface area contributed by atoms with Gasteiger partial charge in [-0.2, -0.15) is 0 Å². The van der Waals surface area contributed by atoms with E-state index in [4.69, 9.17) is 11.6 Å². The Morgan fingerprint density at radius 1 is 1.56 bits per heavy atom. The van der Waals surface area contributed by atoms with Crippen molar-refractivity contribution in [3.8, 4) is 0 Å². The molecule has 0 amide bonds. The molecule has 1 atom stereocenters. The molecule has 0 aromatic heterocycles. The highest BCUT2D eigenvalue weighted by atomic mass is 35.5. The van der Waals surface area contributed by atoms with E-state index in [2.05, 4.69) is 5.32 Å². The van der Waals surface area contributed by atoms with Crippen molar-refractivity contribution >= 4 is 17.6 Å². The maximum Gasteiger partial charge on any atom is 0.311 e. The number of rotatable bonds is 3. The zero-order valence-corrected chi connectivity index (χ0v) is 10.6. The number of carboxylic acid groups (broad SMARTS) is 1. The lowest BCUT2D eigenvalue weighted by Crippen LogP contribution is -2.47. The molecule has 98 valence electrons. The van der Waals surface area contributed by atoms with E-state index < -0.39 is 17.2 Å². The Bertz CT molecular complexity index is 458. The van der Waals surface area contributed by atoms with Crippen LogP contribution in [0.1, 0.15) is 18.4 Å². The second-order valence-electron chi connectivity index (χ2n) is 4.76. The fourth-order valence-electron chi connectivity index (χ4n) is 2.43. The molecule has 1 fully saturated rings. The summed E-state index contributed by atoms with van der Waals surface area (Å²) in [7, 11) is 0. The van der Waals surface area contributed by atoms with Crippen molar-refractivity contribution < 1.29 is 14.3 Å². The SMILES string of the molecule is O=C(O)C1(Cc2cccc(Cl)c2F)CCCNC1. The van der Waals surface area contributed by atoms with E-state index in [9.17, 15) is 14.3 Å². The Balaban J connectivity index is 2.29. The van der Waals surface area contributed by atoms with Crippen LogP contribution in [-0.4, -0.2) is 24.2 Å². The summed E-state index contributed by atoms with van der Waals surface area (Å²) in [6.45, 7) is 1.18. The molecular weight excluding hydrogens is 257 g/mol. The van der Waals surface area contributed by atoms with Crippen molar-refractivity contribution in [2.75, 3.05) is 13.1 Å². The number of aliphatic carboxylic acids is 1. The average molecular weight is 272 g/mol. The van der Waals surface area contributed by atoms with Crippen LogP contribution in [0, 0.1) is 11.2 Å². The first kappa shape index (κ1) is 13.3. The van der Waals surface area contributed by atoms with Crippen LogP contribution in [0.3, 0.4) is 0 Å². The quantitative estimate of drug-likeness (QED) is 0.888. The van der Waals surface area contributed by atoms with E-state index in [0.717, 1.165) is 13.0 Å². The highest BCUT2D eigenvalue weighted by Crippen LogP contribution is 2.33. The summed E-state index contributed by atoms with van der Waals surface area (Å²) >= 11 is 5.72. The van der Waals surface area contributed by atoms with E-state index in [1.54, 1.807) is 12.1 Å². The van der Waals surface area contributed by atoms with Crippen molar-refractivity contribution in [2.45, 2.75) is 19.3 Å². The van der Waals surface area contributed by atoms with Crippen LogP contribution in [0.5, 0.6) is 0 Å². The van der Waals surface area contributed by atoms with Crippen LogP contribution in [0.25, 0.3) is 0 Å². The third-order valence-corrected chi connectivity index (χ3v) is 3.78. The molecule has 2 N–H and O–H groups in total. The summed E-state index contributed by atoms with van der Waals surface area (Å²) in [6.07, 6.45) is 1.51. The van der Waals surface area contributed by atoms with Gasteiger partial charge in [-0.3, -0.25) is 4.79 Å². The van der Waals surface area contributed by atoms with Gasteiger partial charge in [0, 0.05) is 6.54 Å². The normalized spacial score (nSPS) is 23.9. The summed E-state index contributed by atoms with van der Waals surface area (Å²) in [5.74, 6) is -1.39.